The van der Waals surface area contributed by atoms with Gasteiger partial charge in [0.1, 0.15) is 0 Å². The predicted octanol–water partition coefficient (Wildman–Crippen LogP) is 3.47. The molecule has 8 nitrogen and oxygen atoms in total. The molecule has 1 atom stereocenters. The fraction of sp³-hybridized carbons (Fsp3) is 0.583. The van der Waals surface area contributed by atoms with Crippen molar-refractivity contribution in [3.05, 3.63) is 40.1 Å². The number of hydrogen-bond donors (Lipinski definition) is 2. The Hall–Kier alpha value is -2.39. The number of sulfonamides is 1. The van der Waals surface area contributed by atoms with Gasteiger partial charge in [-0.15, -0.1) is 0 Å². The summed E-state index contributed by atoms with van der Waals surface area (Å²) < 4.78 is 30.3. The molecule has 2 N–H and O–H groups in total. The summed E-state index contributed by atoms with van der Waals surface area (Å²) in [5.74, 6) is 0. The number of hydrogen-bond acceptors (Lipinski definition) is 5. The van der Waals surface area contributed by atoms with Crippen LogP contribution in [0.25, 0.3) is 0 Å². The number of carbonyl (C=O) groups is 1. The van der Waals surface area contributed by atoms with Crippen molar-refractivity contribution in [1.82, 2.24) is 19.4 Å². The molecule has 1 unspecified atom stereocenters. The van der Waals surface area contributed by atoms with E-state index < -0.39 is 16.1 Å². The molecule has 9 heteroatoms. The van der Waals surface area contributed by atoms with Gasteiger partial charge in [-0.1, -0.05) is 6.07 Å². The molecule has 176 valence electrons. The molecule has 1 saturated heterocycles. The zero-order chi connectivity index (χ0) is 22.7. The van der Waals surface area contributed by atoms with Gasteiger partial charge in [-0.3, -0.25) is 9.58 Å². The number of aromatic nitrogens is 2. The zero-order valence-corrected chi connectivity index (χ0v) is 19.9. The van der Waals surface area contributed by atoms with Crippen molar-refractivity contribution in [2.24, 2.45) is 0 Å². The van der Waals surface area contributed by atoms with Gasteiger partial charge in [-0.05, 0) is 87.0 Å². The van der Waals surface area contributed by atoms with Gasteiger partial charge >= 0.3 is 6.03 Å². The Kier molecular flexibility index (Phi) is 5.03. The minimum Gasteiger partial charge on any atom is -0.307 e. The number of anilines is 1. The molecular formula is C24H31N5O3S. The van der Waals surface area contributed by atoms with Gasteiger partial charge in [0, 0.05) is 30.9 Å². The highest BCUT2D eigenvalue weighted by Crippen LogP contribution is 2.40. The van der Waals surface area contributed by atoms with E-state index in [0.29, 0.717) is 0 Å². The topological polar surface area (TPSA) is 96.3 Å². The lowest BCUT2D eigenvalue weighted by atomic mass is 9.99. The average molecular weight is 470 g/mol. The van der Waals surface area contributed by atoms with Crippen LogP contribution in [0.3, 0.4) is 0 Å². The molecule has 2 fully saturated rings. The van der Waals surface area contributed by atoms with Crippen molar-refractivity contribution < 1.29 is 13.2 Å². The highest BCUT2D eigenvalue weighted by Gasteiger charge is 2.35. The first kappa shape index (κ1) is 21.2. The number of likely N-dealkylation sites (tertiary alicyclic amines) is 1. The number of nitrogens with one attached hydrogen (secondary N) is 2. The van der Waals surface area contributed by atoms with Crippen LogP contribution in [0.1, 0.15) is 79.1 Å². The van der Waals surface area contributed by atoms with E-state index in [0.717, 1.165) is 75.8 Å². The van der Waals surface area contributed by atoms with Crippen LogP contribution < -0.4 is 10.0 Å². The lowest BCUT2D eigenvalue weighted by Gasteiger charge is -2.36. The maximum Gasteiger partial charge on any atom is 0.333 e. The molecule has 33 heavy (non-hydrogen) atoms. The van der Waals surface area contributed by atoms with Crippen molar-refractivity contribution >= 4 is 21.7 Å². The fourth-order valence-electron chi connectivity index (χ4n) is 5.64. The largest absolute Gasteiger partial charge is 0.333 e. The molecule has 1 aromatic heterocycles. The molecule has 0 radical (unpaired) electrons. The normalized spacial score (nSPS) is 20.8. The van der Waals surface area contributed by atoms with Crippen molar-refractivity contribution in [3.8, 4) is 0 Å². The lowest BCUT2D eigenvalue weighted by Crippen LogP contribution is -2.39. The van der Waals surface area contributed by atoms with Crippen LogP contribution in [0.2, 0.25) is 0 Å². The first-order valence-electron chi connectivity index (χ1n) is 12.2. The highest BCUT2D eigenvalue weighted by atomic mass is 32.2. The Morgan fingerprint density at radius 2 is 1.70 bits per heavy atom. The average Bonchev–Trinajstić information content (AvgIpc) is 3.14. The Morgan fingerprint density at radius 1 is 1.03 bits per heavy atom. The standard InChI is InChI=1S/C24H31N5O3S/c1-15(28-11-4-12-28)21-14-22(26-29(21)18-9-10-18)33(31,32)27-24(30)25-23-19-7-2-5-16(19)13-17-6-3-8-20(17)23/h13-15,18H,2-12H2,1H3,(H2,25,27,30). The van der Waals surface area contributed by atoms with Crippen LogP contribution in [0.4, 0.5) is 10.5 Å². The Balaban J connectivity index is 1.25. The third kappa shape index (κ3) is 3.75. The first-order valence-corrected chi connectivity index (χ1v) is 13.7. The van der Waals surface area contributed by atoms with Crippen molar-refractivity contribution in [3.63, 3.8) is 0 Å². The molecule has 2 aromatic rings. The molecule has 1 aliphatic heterocycles. The van der Waals surface area contributed by atoms with Crippen molar-refractivity contribution in [1.29, 1.82) is 0 Å². The van der Waals surface area contributed by atoms with E-state index in [2.05, 4.69) is 33.0 Å². The van der Waals surface area contributed by atoms with Gasteiger partial charge in [0.15, 0.2) is 5.03 Å². The summed E-state index contributed by atoms with van der Waals surface area (Å²) in [7, 11) is -4.08. The fourth-order valence-corrected chi connectivity index (χ4v) is 6.51. The monoisotopic (exact) mass is 469 g/mol. The third-order valence-electron chi connectivity index (χ3n) is 7.72. The second-order valence-corrected chi connectivity index (χ2v) is 11.6. The quantitative estimate of drug-likeness (QED) is 0.675. The van der Waals surface area contributed by atoms with Crippen molar-refractivity contribution in [2.75, 3.05) is 18.4 Å². The summed E-state index contributed by atoms with van der Waals surface area (Å²) in [6.45, 7) is 4.14. The molecule has 2 amide bonds. The van der Waals surface area contributed by atoms with Gasteiger partial charge in [0.2, 0.25) is 0 Å². The third-order valence-corrected chi connectivity index (χ3v) is 8.92. The van der Waals surface area contributed by atoms with Crippen LogP contribution in [0, 0.1) is 0 Å². The minimum absolute atomic E-state index is 0.0737. The van der Waals surface area contributed by atoms with Gasteiger partial charge in [-0.25, -0.2) is 9.52 Å². The number of fused-ring (bicyclic) bond motifs is 2. The molecular weight excluding hydrogens is 438 g/mol. The van der Waals surface area contributed by atoms with E-state index in [-0.39, 0.29) is 17.1 Å². The zero-order valence-electron chi connectivity index (χ0n) is 19.1. The number of amides is 2. The smallest absolute Gasteiger partial charge is 0.307 e. The molecule has 3 aliphatic carbocycles. The van der Waals surface area contributed by atoms with Gasteiger partial charge in [-0.2, -0.15) is 13.5 Å². The van der Waals surface area contributed by atoms with E-state index in [1.54, 1.807) is 6.07 Å². The highest BCUT2D eigenvalue weighted by molar-refractivity contribution is 7.90. The van der Waals surface area contributed by atoms with E-state index in [4.69, 9.17) is 0 Å². The lowest BCUT2D eigenvalue weighted by molar-refractivity contribution is 0.122. The minimum atomic E-state index is -4.08. The Morgan fingerprint density at radius 3 is 2.27 bits per heavy atom. The summed E-state index contributed by atoms with van der Waals surface area (Å²) in [5, 5.41) is 7.28. The van der Waals surface area contributed by atoms with E-state index in [1.807, 2.05) is 4.68 Å². The molecule has 4 aliphatic rings. The molecule has 1 saturated carbocycles. The van der Waals surface area contributed by atoms with Gasteiger partial charge in [0.05, 0.1) is 11.7 Å². The number of carbonyl (C=O) groups excluding carboxylic acids is 1. The molecule has 0 bridgehead atoms. The van der Waals surface area contributed by atoms with E-state index in [1.165, 1.54) is 28.7 Å². The first-order chi connectivity index (χ1) is 15.9. The van der Waals surface area contributed by atoms with Gasteiger partial charge in [0.25, 0.3) is 10.0 Å². The Labute approximate surface area is 194 Å². The maximum atomic E-state index is 13.1. The maximum absolute atomic E-state index is 13.1. The van der Waals surface area contributed by atoms with Crippen LogP contribution in [-0.4, -0.2) is 42.2 Å². The van der Waals surface area contributed by atoms with Gasteiger partial charge < -0.3 is 5.32 Å². The molecule has 2 heterocycles. The second-order valence-electron chi connectivity index (χ2n) is 9.94. The van der Waals surface area contributed by atoms with Crippen LogP contribution in [0.15, 0.2) is 17.2 Å². The summed E-state index contributed by atoms with van der Waals surface area (Å²) in [5.41, 5.74) is 6.68. The summed E-state index contributed by atoms with van der Waals surface area (Å²) in [6.07, 6.45) is 9.23. The second kappa shape index (κ2) is 7.84. The van der Waals surface area contributed by atoms with Crippen molar-refractivity contribution in [2.45, 2.75) is 81.8 Å². The SMILES string of the molecule is CC(c1cc(S(=O)(=O)NC(=O)Nc2c3c(cc4c2CCC4)CCC3)nn1C1CC1)N1CCC1. The molecule has 1 aromatic carbocycles. The van der Waals surface area contributed by atoms with E-state index >= 15 is 0 Å². The van der Waals surface area contributed by atoms with Crippen LogP contribution in [-0.2, 0) is 35.7 Å². The predicted molar refractivity (Wildman–Crippen MR) is 125 cm³/mol. The summed E-state index contributed by atoms with van der Waals surface area (Å²) in [4.78, 5) is 15.2. The molecule has 0 spiro atoms. The van der Waals surface area contributed by atoms with E-state index in [9.17, 15) is 13.2 Å². The molecule has 6 rings (SSSR count). The summed E-state index contributed by atoms with van der Waals surface area (Å²) in [6, 6.07) is 3.60. The van der Waals surface area contributed by atoms with Crippen LogP contribution in [0.5, 0.6) is 0 Å². The number of nitrogens with zero attached hydrogens (tertiary/aromatic N) is 3. The number of aryl methyl sites for hydroxylation is 2. The van der Waals surface area contributed by atoms with Crippen LogP contribution >= 0.6 is 0 Å². The number of urea groups is 1. The summed E-state index contributed by atoms with van der Waals surface area (Å²) >= 11 is 0. The number of rotatable bonds is 6. The Bertz CT molecular complexity index is 1190. The number of benzene rings is 1.